The first-order chi connectivity index (χ1) is 16.3. The number of aromatic nitrogens is 2. The minimum atomic E-state index is -3.60. The summed E-state index contributed by atoms with van der Waals surface area (Å²) in [6, 6.07) is 23.9. The van der Waals surface area contributed by atoms with Gasteiger partial charge >= 0.3 is 0 Å². The van der Waals surface area contributed by atoms with Crippen LogP contribution < -0.4 is 5.32 Å². The molecule has 1 aromatic heterocycles. The van der Waals surface area contributed by atoms with Crippen LogP contribution in [0.4, 0.5) is 5.69 Å². The van der Waals surface area contributed by atoms with Gasteiger partial charge in [0.25, 0.3) is 0 Å². The van der Waals surface area contributed by atoms with Gasteiger partial charge in [-0.05, 0) is 25.1 Å². The van der Waals surface area contributed by atoms with Crippen LogP contribution in [-0.4, -0.2) is 48.2 Å². The molecule has 9 heteroatoms. The van der Waals surface area contributed by atoms with Crippen LogP contribution in [0, 0.1) is 0 Å². The van der Waals surface area contributed by atoms with Gasteiger partial charge in [0.2, 0.25) is 15.9 Å². The standard InChI is InChI=1S/C25H24N4O3S2/c1-17(24(30)26-19-12-9-13-20(16-19)34(31,32)29(2)3)33-25-22-15-8-7-14-21(22)23(27-28-25)18-10-5-4-6-11-18/h4-17H,1-3H3,(H,26,30)/t17-/m0/s1. The Bertz CT molecular complexity index is 1440. The molecular formula is C25H24N4O3S2. The third kappa shape index (κ3) is 4.96. The second-order valence-corrected chi connectivity index (χ2v) is 11.3. The lowest BCUT2D eigenvalue weighted by Crippen LogP contribution is -2.24. The van der Waals surface area contributed by atoms with Crippen molar-refractivity contribution in [3.8, 4) is 11.3 Å². The third-order valence-corrected chi connectivity index (χ3v) is 8.14. The molecule has 3 aromatic carbocycles. The highest BCUT2D eigenvalue weighted by Crippen LogP contribution is 2.33. The SMILES string of the molecule is C[C@H](Sc1nnc(-c2ccccc2)c2ccccc12)C(=O)Nc1cccc(S(=O)(=O)N(C)C)c1. The number of nitrogens with one attached hydrogen (secondary N) is 1. The van der Waals surface area contributed by atoms with E-state index in [9.17, 15) is 13.2 Å². The van der Waals surface area contributed by atoms with Gasteiger partial charge < -0.3 is 5.32 Å². The first-order valence-electron chi connectivity index (χ1n) is 10.6. The van der Waals surface area contributed by atoms with Gasteiger partial charge in [0, 0.05) is 36.1 Å². The molecular weight excluding hydrogens is 468 g/mol. The zero-order valence-electron chi connectivity index (χ0n) is 19.0. The number of hydrogen-bond donors (Lipinski definition) is 1. The van der Waals surface area contributed by atoms with Gasteiger partial charge in [-0.1, -0.05) is 72.4 Å². The molecule has 0 radical (unpaired) electrons. The number of hydrogen-bond acceptors (Lipinski definition) is 6. The molecule has 7 nitrogen and oxygen atoms in total. The quantitative estimate of drug-likeness (QED) is 0.377. The van der Waals surface area contributed by atoms with Crippen LogP contribution in [-0.2, 0) is 14.8 Å². The highest BCUT2D eigenvalue weighted by Gasteiger charge is 2.21. The number of thioether (sulfide) groups is 1. The molecule has 0 saturated carbocycles. The minimum absolute atomic E-state index is 0.115. The Kier molecular flexibility index (Phi) is 6.97. The van der Waals surface area contributed by atoms with Gasteiger partial charge in [-0.25, -0.2) is 12.7 Å². The Morgan fingerprint density at radius 1 is 0.912 bits per heavy atom. The van der Waals surface area contributed by atoms with Gasteiger partial charge in [0.1, 0.15) is 10.7 Å². The van der Waals surface area contributed by atoms with Gasteiger partial charge in [0.15, 0.2) is 0 Å². The van der Waals surface area contributed by atoms with Crippen molar-refractivity contribution < 1.29 is 13.2 Å². The molecule has 0 fully saturated rings. The topological polar surface area (TPSA) is 92.3 Å². The van der Waals surface area contributed by atoms with E-state index in [1.807, 2.05) is 54.6 Å². The molecule has 34 heavy (non-hydrogen) atoms. The summed E-state index contributed by atoms with van der Waals surface area (Å²) >= 11 is 1.31. The predicted molar refractivity (Wildman–Crippen MR) is 136 cm³/mol. The number of carbonyl (C=O) groups excluding carboxylic acids is 1. The molecule has 0 aliphatic heterocycles. The average Bonchev–Trinajstić information content (AvgIpc) is 2.84. The second kappa shape index (κ2) is 9.92. The molecule has 0 saturated heterocycles. The summed E-state index contributed by atoms with van der Waals surface area (Å²) in [7, 11) is -0.665. The number of amides is 1. The number of rotatable bonds is 7. The fraction of sp³-hybridized carbons (Fsp3) is 0.160. The van der Waals surface area contributed by atoms with Crippen molar-refractivity contribution in [3.63, 3.8) is 0 Å². The van der Waals surface area contributed by atoms with Gasteiger partial charge in [-0.3, -0.25) is 4.79 Å². The largest absolute Gasteiger partial charge is 0.325 e. The third-order valence-electron chi connectivity index (χ3n) is 5.24. The van der Waals surface area contributed by atoms with E-state index in [0.717, 1.165) is 26.3 Å². The van der Waals surface area contributed by atoms with E-state index in [0.29, 0.717) is 10.7 Å². The predicted octanol–water partition coefficient (Wildman–Crippen LogP) is 4.67. The van der Waals surface area contributed by atoms with E-state index >= 15 is 0 Å². The maximum absolute atomic E-state index is 12.9. The summed E-state index contributed by atoms with van der Waals surface area (Å²) in [6.45, 7) is 1.78. The molecule has 4 rings (SSSR count). The Balaban J connectivity index is 1.56. The van der Waals surface area contributed by atoms with Crippen molar-refractivity contribution in [1.29, 1.82) is 0 Å². The van der Waals surface area contributed by atoms with Crippen molar-refractivity contribution in [3.05, 3.63) is 78.9 Å². The molecule has 174 valence electrons. The van der Waals surface area contributed by atoms with E-state index in [1.54, 1.807) is 19.1 Å². The molecule has 4 aromatic rings. The van der Waals surface area contributed by atoms with Crippen LogP contribution in [0.15, 0.2) is 88.8 Å². The molecule has 1 heterocycles. The van der Waals surface area contributed by atoms with E-state index in [-0.39, 0.29) is 10.8 Å². The molecule has 0 bridgehead atoms. The lowest BCUT2D eigenvalue weighted by molar-refractivity contribution is -0.115. The monoisotopic (exact) mass is 492 g/mol. The van der Waals surface area contributed by atoms with Gasteiger partial charge in [0.05, 0.1) is 10.1 Å². The summed E-state index contributed by atoms with van der Waals surface area (Å²) in [4.78, 5) is 13.0. The second-order valence-electron chi connectivity index (χ2n) is 7.83. The fourth-order valence-electron chi connectivity index (χ4n) is 3.39. The smallest absolute Gasteiger partial charge is 0.242 e. The molecule has 1 amide bonds. The number of carbonyl (C=O) groups is 1. The van der Waals surface area contributed by atoms with Crippen molar-refractivity contribution in [2.75, 3.05) is 19.4 Å². The Labute approximate surface area is 203 Å². The summed E-state index contributed by atoms with van der Waals surface area (Å²) in [6.07, 6.45) is 0. The zero-order valence-corrected chi connectivity index (χ0v) is 20.6. The van der Waals surface area contributed by atoms with Crippen molar-refractivity contribution >= 4 is 44.2 Å². The molecule has 0 unspecified atom stereocenters. The molecule has 1 N–H and O–H groups in total. The zero-order chi connectivity index (χ0) is 24.3. The van der Waals surface area contributed by atoms with Crippen LogP contribution in [0.3, 0.4) is 0 Å². The Hall–Kier alpha value is -3.27. The molecule has 1 atom stereocenters. The van der Waals surface area contributed by atoms with Crippen LogP contribution in [0.5, 0.6) is 0 Å². The van der Waals surface area contributed by atoms with Crippen molar-refractivity contribution in [1.82, 2.24) is 14.5 Å². The Morgan fingerprint density at radius 2 is 1.59 bits per heavy atom. The number of benzene rings is 3. The maximum Gasteiger partial charge on any atom is 0.242 e. The minimum Gasteiger partial charge on any atom is -0.325 e. The van der Waals surface area contributed by atoms with E-state index in [1.165, 1.54) is 38.0 Å². The fourth-order valence-corrected chi connectivity index (χ4v) is 5.23. The number of sulfonamides is 1. The number of nitrogens with zero attached hydrogens (tertiary/aromatic N) is 3. The normalized spacial score (nSPS) is 12.6. The van der Waals surface area contributed by atoms with Crippen LogP contribution >= 0.6 is 11.8 Å². The average molecular weight is 493 g/mol. The highest BCUT2D eigenvalue weighted by atomic mass is 32.2. The summed E-state index contributed by atoms with van der Waals surface area (Å²) < 4.78 is 25.9. The van der Waals surface area contributed by atoms with Crippen molar-refractivity contribution in [2.45, 2.75) is 22.1 Å². The van der Waals surface area contributed by atoms with Crippen LogP contribution in [0.25, 0.3) is 22.0 Å². The van der Waals surface area contributed by atoms with E-state index in [2.05, 4.69) is 15.5 Å². The molecule has 0 aliphatic rings. The van der Waals surface area contributed by atoms with Gasteiger partial charge in [-0.15, -0.1) is 10.2 Å². The summed E-state index contributed by atoms with van der Waals surface area (Å²) in [5.41, 5.74) is 2.17. The number of fused-ring (bicyclic) bond motifs is 1. The van der Waals surface area contributed by atoms with E-state index in [4.69, 9.17) is 0 Å². The Morgan fingerprint density at radius 3 is 2.29 bits per heavy atom. The van der Waals surface area contributed by atoms with E-state index < -0.39 is 15.3 Å². The lowest BCUT2D eigenvalue weighted by Gasteiger charge is -2.15. The molecule has 0 aliphatic carbocycles. The van der Waals surface area contributed by atoms with Gasteiger partial charge in [-0.2, -0.15) is 0 Å². The number of anilines is 1. The first kappa shape index (κ1) is 23.9. The maximum atomic E-state index is 12.9. The van der Waals surface area contributed by atoms with Crippen LogP contribution in [0.1, 0.15) is 6.92 Å². The summed E-state index contributed by atoms with van der Waals surface area (Å²) in [5, 5.41) is 13.7. The first-order valence-corrected chi connectivity index (χ1v) is 12.9. The van der Waals surface area contributed by atoms with Crippen LogP contribution in [0.2, 0.25) is 0 Å². The summed E-state index contributed by atoms with van der Waals surface area (Å²) in [5.74, 6) is -0.262. The lowest BCUT2D eigenvalue weighted by atomic mass is 10.1. The molecule has 0 spiro atoms. The van der Waals surface area contributed by atoms with Crippen molar-refractivity contribution in [2.24, 2.45) is 0 Å². The highest BCUT2D eigenvalue weighted by molar-refractivity contribution is 8.00.